The van der Waals surface area contributed by atoms with Crippen LogP contribution in [0.25, 0.3) is 11.4 Å². The summed E-state index contributed by atoms with van der Waals surface area (Å²) in [6.45, 7) is 0. The lowest BCUT2D eigenvalue weighted by Gasteiger charge is -2.07. The number of nitrogens with two attached hydrogens (primary N) is 1. The summed E-state index contributed by atoms with van der Waals surface area (Å²) in [6, 6.07) is 13.5. The van der Waals surface area contributed by atoms with Gasteiger partial charge in [-0.3, -0.25) is 5.10 Å². The molecule has 3 N–H and O–H groups in total. The van der Waals surface area contributed by atoms with Crippen molar-refractivity contribution in [1.29, 1.82) is 0 Å². The van der Waals surface area contributed by atoms with E-state index in [0.717, 1.165) is 14.7 Å². The van der Waals surface area contributed by atoms with Crippen molar-refractivity contribution in [2.45, 2.75) is 6.04 Å². The average Bonchev–Trinajstić information content (AvgIpc) is 2.98. The molecule has 1 aromatic heterocycles. The monoisotopic (exact) mass is 394 g/mol. The number of aromatic amines is 1. The second kappa shape index (κ2) is 5.90. The molecular formula is C15H12FIN4. The minimum Gasteiger partial charge on any atom is -0.318 e. The summed E-state index contributed by atoms with van der Waals surface area (Å²) in [4.78, 5) is 4.42. The molecule has 0 bridgehead atoms. The maximum Gasteiger partial charge on any atom is 0.181 e. The van der Waals surface area contributed by atoms with Gasteiger partial charge in [0.25, 0.3) is 0 Å². The zero-order valence-electron chi connectivity index (χ0n) is 10.9. The lowest BCUT2D eigenvalue weighted by molar-refractivity contribution is 0.626. The number of benzene rings is 2. The fraction of sp³-hybridized carbons (Fsp3) is 0.0667. The standard InChI is InChI=1S/C15H12FIN4/c16-11-5-1-9(2-6-11)13(18)15-19-14(20-21-15)10-3-7-12(17)8-4-10/h1-8,13H,18H2,(H,19,20,21). The van der Waals surface area contributed by atoms with Crippen molar-refractivity contribution < 1.29 is 4.39 Å². The molecule has 0 saturated heterocycles. The molecule has 2 aromatic carbocycles. The van der Waals surface area contributed by atoms with Crippen LogP contribution in [0.2, 0.25) is 0 Å². The predicted octanol–water partition coefficient (Wildman–Crippen LogP) is 3.26. The Labute approximate surface area is 134 Å². The molecule has 6 heteroatoms. The van der Waals surface area contributed by atoms with Gasteiger partial charge in [0, 0.05) is 9.13 Å². The fourth-order valence-electron chi connectivity index (χ4n) is 1.97. The van der Waals surface area contributed by atoms with E-state index in [9.17, 15) is 4.39 Å². The third-order valence-corrected chi connectivity index (χ3v) is 3.85. The average molecular weight is 394 g/mol. The lowest BCUT2D eigenvalue weighted by atomic mass is 10.1. The highest BCUT2D eigenvalue weighted by Crippen LogP contribution is 2.21. The first-order valence-corrected chi connectivity index (χ1v) is 7.40. The van der Waals surface area contributed by atoms with Gasteiger partial charge in [-0.05, 0) is 52.4 Å². The van der Waals surface area contributed by atoms with Gasteiger partial charge in [-0.15, -0.1) is 0 Å². The van der Waals surface area contributed by atoms with Crippen LogP contribution < -0.4 is 5.73 Å². The second-order valence-corrected chi connectivity index (χ2v) is 5.83. The Balaban J connectivity index is 1.87. The lowest BCUT2D eigenvalue weighted by Crippen LogP contribution is -2.13. The van der Waals surface area contributed by atoms with Crippen LogP contribution in [0.5, 0.6) is 0 Å². The highest BCUT2D eigenvalue weighted by Gasteiger charge is 2.14. The summed E-state index contributed by atoms with van der Waals surface area (Å²) >= 11 is 2.24. The third-order valence-electron chi connectivity index (χ3n) is 3.13. The molecule has 0 saturated carbocycles. The molecule has 106 valence electrons. The maximum absolute atomic E-state index is 12.9. The van der Waals surface area contributed by atoms with Crippen molar-refractivity contribution in [1.82, 2.24) is 15.2 Å². The zero-order valence-corrected chi connectivity index (χ0v) is 13.1. The molecule has 0 radical (unpaired) electrons. The van der Waals surface area contributed by atoms with Gasteiger partial charge in [0.2, 0.25) is 0 Å². The van der Waals surface area contributed by atoms with Crippen molar-refractivity contribution >= 4 is 22.6 Å². The molecule has 0 fully saturated rings. The zero-order chi connectivity index (χ0) is 14.8. The Morgan fingerprint density at radius 1 is 1.05 bits per heavy atom. The summed E-state index contributed by atoms with van der Waals surface area (Å²) in [6.07, 6.45) is 0. The number of H-pyrrole nitrogens is 1. The first-order valence-electron chi connectivity index (χ1n) is 6.33. The molecular weight excluding hydrogens is 382 g/mol. The predicted molar refractivity (Wildman–Crippen MR) is 87.0 cm³/mol. The Bertz CT molecular complexity index is 737. The van der Waals surface area contributed by atoms with Gasteiger partial charge in [-0.1, -0.05) is 24.3 Å². The number of hydrogen-bond donors (Lipinski definition) is 2. The molecule has 21 heavy (non-hydrogen) atoms. The number of nitrogens with one attached hydrogen (secondary N) is 1. The highest BCUT2D eigenvalue weighted by atomic mass is 127. The molecule has 1 atom stereocenters. The molecule has 1 heterocycles. The first-order chi connectivity index (χ1) is 10.1. The summed E-state index contributed by atoms with van der Waals surface area (Å²) in [7, 11) is 0. The van der Waals surface area contributed by atoms with Crippen LogP contribution in [0, 0.1) is 9.39 Å². The minimum absolute atomic E-state index is 0.289. The number of halogens is 2. The smallest absolute Gasteiger partial charge is 0.181 e. The summed E-state index contributed by atoms with van der Waals surface area (Å²) < 4.78 is 14.1. The minimum atomic E-state index is -0.462. The van der Waals surface area contributed by atoms with Crippen molar-refractivity contribution in [2.24, 2.45) is 5.73 Å². The number of nitrogens with zero attached hydrogens (tertiary/aromatic N) is 2. The van der Waals surface area contributed by atoms with E-state index in [-0.39, 0.29) is 5.82 Å². The van der Waals surface area contributed by atoms with E-state index in [0.29, 0.717) is 11.6 Å². The van der Waals surface area contributed by atoms with Gasteiger partial charge in [-0.25, -0.2) is 9.37 Å². The van der Waals surface area contributed by atoms with Gasteiger partial charge in [-0.2, -0.15) is 5.10 Å². The number of hydrogen-bond acceptors (Lipinski definition) is 3. The van der Waals surface area contributed by atoms with Gasteiger partial charge in [0.15, 0.2) is 5.82 Å². The van der Waals surface area contributed by atoms with Crippen LogP contribution in [0.15, 0.2) is 48.5 Å². The second-order valence-electron chi connectivity index (χ2n) is 4.58. The Morgan fingerprint density at radius 2 is 1.71 bits per heavy atom. The third kappa shape index (κ3) is 3.11. The van der Waals surface area contributed by atoms with Gasteiger partial charge < -0.3 is 5.73 Å². The Hall–Kier alpha value is -1.80. The molecule has 0 aliphatic carbocycles. The van der Waals surface area contributed by atoms with E-state index < -0.39 is 6.04 Å². The van der Waals surface area contributed by atoms with Crippen LogP contribution in [-0.2, 0) is 0 Å². The molecule has 3 rings (SSSR count). The molecule has 0 aliphatic heterocycles. The fourth-order valence-corrected chi connectivity index (χ4v) is 2.33. The van der Waals surface area contributed by atoms with Crippen LogP contribution >= 0.6 is 22.6 Å². The van der Waals surface area contributed by atoms with Gasteiger partial charge in [0.05, 0.1) is 6.04 Å². The summed E-state index contributed by atoms with van der Waals surface area (Å²) in [5, 5.41) is 7.04. The van der Waals surface area contributed by atoms with E-state index >= 15 is 0 Å². The topological polar surface area (TPSA) is 67.6 Å². The SMILES string of the molecule is NC(c1ccc(F)cc1)c1nc(-c2ccc(I)cc2)n[nH]1. The van der Waals surface area contributed by atoms with Crippen molar-refractivity contribution in [2.75, 3.05) is 0 Å². The number of rotatable bonds is 3. The molecule has 1 unspecified atom stereocenters. The number of aromatic nitrogens is 3. The van der Waals surface area contributed by atoms with Gasteiger partial charge in [0.1, 0.15) is 11.6 Å². The summed E-state index contributed by atoms with van der Waals surface area (Å²) in [5.74, 6) is 0.859. The normalized spacial score (nSPS) is 12.3. The summed E-state index contributed by atoms with van der Waals surface area (Å²) in [5.41, 5.74) is 7.82. The van der Waals surface area contributed by atoms with Crippen molar-refractivity contribution in [3.63, 3.8) is 0 Å². The Morgan fingerprint density at radius 3 is 2.38 bits per heavy atom. The van der Waals surface area contributed by atoms with Crippen molar-refractivity contribution in [3.8, 4) is 11.4 Å². The largest absolute Gasteiger partial charge is 0.318 e. The highest BCUT2D eigenvalue weighted by molar-refractivity contribution is 14.1. The van der Waals surface area contributed by atoms with Crippen LogP contribution in [-0.4, -0.2) is 15.2 Å². The molecule has 0 spiro atoms. The van der Waals surface area contributed by atoms with Crippen LogP contribution in [0.1, 0.15) is 17.4 Å². The molecule has 0 amide bonds. The van der Waals surface area contributed by atoms with Gasteiger partial charge >= 0.3 is 0 Å². The first kappa shape index (κ1) is 14.2. The Kier molecular flexibility index (Phi) is 3.98. The molecule has 3 aromatic rings. The van der Waals surface area contributed by atoms with Crippen molar-refractivity contribution in [3.05, 3.63) is 69.3 Å². The van der Waals surface area contributed by atoms with Crippen LogP contribution in [0.4, 0.5) is 4.39 Å². The van der Waals surface area contributed by atoms with E-state index in [2.05, 4.69) is 37.8 Å². The maximum atomic E-state index is 12.9. The van der Waals surface area contributed by atoms with E-state index in [4.69, 9.17) is 5.73 Å². The molecule has 4 nitrogen and oxygen atoms in total. The molecule has 0 aliphatic rings. The van der Waals surface area contributed by atoms with E-state index in [1.165, 1.54) is 12.1 Å². The van der Waals surface area contributed by atoms with E-state index in [1.807, 2.05) is 24.3 Å². The van der Waals surface area contributed by atoms with Crippen LogP contribution in [0.3, 0.4) is 0 Å². The quantitative estimate of drug-likeness (QED) is 0.671. The van der Waals surface area contributed by atoms with E-state index in [1.54, 1.807) is 12.1 Å².